The van der Waals surface area contributed by atoms with Gasteiger partial charge in [-0.2, -0.15) is 0 Å². The van der Waals surface area contributed by atoms with E-state index in [0.29, 0.717) is 36.3 Å². The van der Waals surface area contributed by atoms with Crippen LogP contribution in [0.5, 0.6) is 0 Å². The molecule has 0 atom stereocenters. The largest absolute Gasteiger partial charge is 2.00 e. The van der Waals surface area contributed by atoms with Gasteiger partial charge in [-0.15, -0.1) is 0 Å². The molecule has 0 heterocycles. The molecule has 0 saturated heterocycles. The topological polar surface area (TPSA) is 65.3 Å². The minimum absolute atomic E-state index is 0. The van der Waals surface area contributed by atoms with Crippen LogP contribution in [0.3, 0.4) is 0 Å². The fraction of sp³-hybridized carbons (Fsp3) is 0.837. The van der Waals surface area contributed by atoms with Crippen LogP contribution >= 0.6 is 0 Å². The molecule has 6 fully saturated rings. The van der Waals surface area contributed by atoms with Gasteiger partial charge in [-0.3, -0.25) is 0 Å². The van der Waals surface area contributed by atoms with Gasteiger partial charge in [0.25, 0.3) is 0 Å². The first-order valence-electron chi connectivity index (χ1n) is 20.4. The first kappa shape index (κ1) is 48.3. The van der Waals surface area contributed by atoms with E-state index in [1.54, 1.807) is 0 Å². The fourth-order valence-corrected chi connectivity index (χ4v) is 7.61. The average Bonchev–Trinajstić information content (AvgIpc) is 3.23. The Kier molecular flexibility index (Phi) is 33.8. The molecule has 51 heavy (non-hydrogen) atoms. The van der Waals surface area contributed by atoms with Gasteiger partial charge in [0, 0.05) is 75.5 Å². The van der Waals surface area contributed by atoms with Gasteiger partial charge in [-0.05, 0) is 77.0 Å². The monoisotopic (exact) mass is 780 g/mol. The summed E-state index contributed by atoms with van der Waals surface area (Å²) in [6, 6.07) is 8.99. The third-order valence-corrected chi connectivity index (χ3v) is 10.9. The summed E-state index contributed by atoms with van der Waals surface area (Å²) in [6.07, 6.45) is 38.5. The Balaban J connectivity index is 0.000000625. The molecule has 7 nitrogen and oxygen atoms in total. The predicted molar refractivity (Wildman–Crippen MR) is 207 cm³/mol. The Morgan fingerprint density at radius 2 is 0.510 bits per heavy atom. The van der Waals surface area contributed by atoms with Gasteiger partial charge in [0.05, 0.1) is 0 Å². The fourth-order valence-electron chi connectivity index (χ4n) is 7.61. The van der Waals surface area contributed by atoms with E-state index < -0.39 is 0 Å². The second-order valence-electron chi connectivity index (χ2n) is 14.9. The molecule has 0 aromatic carbocycles. The maximum Gasteiger partial charge on any atom is 2.00 e. The van der Waals surface area contributed by atoms with Crippen LogP contribution in [-0.2, 0) is 21.1 Å². The molecule has 0 amide bonds. The van der Waals surface area contributed by atoms with E-state index in [0.717, 1.165) is 51.4 Å². The van der Waals surface area contributed by atoms with Crippen LogP contribution in [0.15, 0.2) is 0 Å². The zero-order chi connectivity index (χ0) is 36.3. The molecule has 0 radical (unpaired) electrons. The minimum Gasteiger partial charge on any atom is -0.512 e. The van der Waals surface area contributed by atoms with Gasteiger partial charge in [0.1, 0.15) is 0 Å². The van der Waals surface area contributed by atoms with Crippen LogP contribution in [0.25, 0.3) is 19.4 Å². The third kappa shape index (κ3) is 26.7. The van der Waals surface area contributed by atoms with Gasteiger partial charge < -0.3 is 41.8 Å². The van der Waals surface area contributed by atoms with Gasteiger partial charge in [0.2, 0.25) is 24.2 Å². The quantitative estimate of drug-likeness (QED) is 0.127. The van der Waals surface area contributed by atoms with E-state index >= 15 is 0 Å². The summed E-state index contributed by atoms with van der Waals surface area (Å²) in [4.78, 5) is 14.0. The van der Waals surface area contributed by atoms with Gasteiger partial charge in [-0.1, -0.05) is 64.2 Å². The van der Waals surface area contributed by atoms with E-state index in [4.69, 9.17) is 38.1 Å². The summed E-state index contributed by atoms with van der Waals surface area (Å²) in [6.45, 7) is 31.6. The molecule has 0 aromatic rings. The first-order valence-corrected chi connectivity index (χ1v) is 20.4. The molecular weight excluding hydrogens is 710 g/mol. The van der Waals surface area contributed by atoms with Crippen LogP contribution in [0.2, 0.25) is 0 Å². The standard InChI is InChI=1S/C14H24N2.4C7H11N.CN.Mo/c1-3-7-13(8-4-1)15-11-12-16-14-9-5-2-6-10-14;4*1-8-7-5-3-2-4-6-7;1-2;/h13-16H,1-10H2;4*7H,2-6H2;;/q;;;;;-1;+2. The van der Waals surface area contributed by atoms with Crippen LogP contribution in [0.4, 0.5) is 0 Å². The molecule has 6 aliphatic rings. The normalized spacial score (nSPS) is 21.4. The van der Waals surface area contributed by atoms with Gasteiger partial charge >= 0.3 is 21.1 Å². The van der Waals surface area contributed by atoms with Crippen molar-refractivity contribution >= 4 is 0 Å². The van der Waals surface area contributed by atoms with Crippen LogP contribution in [-0.4, -0.2) is 36.3 Å². The number of hydrogen-bond donors (Lipinski definition) is 2. The SMILES string of the molecule is C(#CNC1CCCCC1)NC1CCCCC1.[C-]#N.[C-]#[N+]C1CCCCC1.[C-]#[N+]C1CCCCC1.[C-]#[N+]C1CCCCC1.[C-]#[N+]C1CCCCC1.[Mo+2]. The van der Waals surface area contributed by atoms with Crippen molar-refractivity contribution in [3.8, 4) is 12.1 Å². The molecule has 0 aliphatic heterocycles. The van der Waals surface area contributed by atoms with E-state index in [-0.39, 0.29) is 21.1 Å². The summed E-state index contributed by atoms with van der Waals surface area (Å²) >= 11 is 0. The minimum atomic E-state index is 0. The zero-order valence-electron chi connectivity index (χ0n) is 31.8. The number of nitrogens with one attached hydrogen (secondary N) is 2. The zero-order valence-corrected chi connectivity index (χ0v) is 33.8. The Bertz CT molecular complexity index is 913. The molecule has 2 N–H and O–H groups in total. The van der Waals surface area contributed by atoms with Crippen molar-refractivity contribution < 1.29 is 21.1 Å². The van der Waals surface area contributed by atoms with Crippen molar-refractivity contribution in [2.75, 3.05) is 0 Å². The van der Waals surface area contributed by atoms with E-state index in [1.165, 1.54) is 141 Å². The van der Waals surface area contributed by atoms with Gasteiger partial charge in [-0.25, -0.2) is 26.3 Å². The second kappa shape index (κ2) is 35.7. The first-order chi connectivity index (χ1) is 24.7. The Morgan fingerprint density at radius 1 is 0.333 bits per heavy atom. The van der Waals surface area contributed by atoms with E-state index in [1.807, 2.05) is 0 Å². The molecule has 280 valence electrons. The smallest absolute Gasteiger partial charge is 0.512 e. The van der Waals surface area contributed by atoms with Crippen molar-refractivity contribution in [1.29, 1.82) is 5.26 Å². The maximum atomic E-state index is 6.72. The molecule has 6 rings (SSSR count). The van der Waals surface area contributed by atoms with Crippen LogP contribution in [0, 0.1) is 50.2 Å². The van der Waals surface area contributed by atoms with Gasteiger partial charge in [0.15, 0.2) is 0 Å². The summed E-state index contributed by atoms with van der Waals surface area (Å²) in [5, 5.41) is 12.9. The molecular formula is C43H68MoN7+. The molecule has 0 unspecified atom stereocenters. The average molecular weight is 779 g/mol. The molecule has 8 heteroatoms. The molecule has 6 aliphatic carbocycles. The Hall–Kier alpha value is -2.70. The molecule has 6 saturated carbocycles. The number of rotatable bonds is 2. The van der Waals surface area contributed by atoms with Crippen molar-refractivity contribution in [2.45, 2.75) is 229 Å². The van der Waals surface area contributed by atoms with Crippen molar-refractivity contribution in [3.63, 3.8) is 0 Å². The predicted octanol–water partition coefficient (Wildman–Crippen LogP) is 11.8. The van der Waals surface area contributed by atoms with Crippen LogP contribution in [0.1, 0.15) is 193 Å². The number of nitrogens with zero attached hydrogens (tertiary/aromatic N) is 5. The van der Waals surface area contributed by atoms with E-state index in [2.05, 4.69) is 42.1 Å². The summed E-state index contributed by atoms with van der Waals surface area (Å²) in [5.41, 5.74) is 0. The molecule has 0 bridgehead atoms. The summed E-state index contributed by atoms with van der Waals surface area (Å²) in [7, 11) is 0. The Morgan fingerprint density at radius 3 is 0.667 bits per heavy atom. The van der Waals surface area contributed by atoms with Crippen molar-refractivity contribution in [2.24, 2.45) is 0 Å². The van der Waals surface area contributed by atoms with Crippen molar-refractivity contribution in [3.05, 3.63) is 52.2 Å². The maximum absolute atomic E-state index is 6.72. The second-order valence-corrected chi connectivity index (χ2v) is 14.9. The summed E-state index contributed by atoms with van der Waals surface area (Å²) < 4.78 is 0. The van der Waals surface area contributed by atoms with E-state index in [9.17, 15) is 0 Å². The van der Waals surface area contributed by atoms with Crippen LogP contribution < -0.4 is 10.6 Å². The third-order valence-electron chi connectivity index (χ3n) is 10.9. The van der Waals surface area contributed by atoms with Crippen molar-refractivity contribution in [1.82, 2.24) is 10.6 Å². The summed E-state index contributed by atoms with van der Waals surface area (Å²) in [5.74, 6) is 0. The molecule has 0 spiro atoms. The Labute approximate surface area is 328 Å². The number of hydrogen-bond acceptors (Lipinski definition) is 3. The molecule has 0 aromatic heterocycles.